The number of halogens is 1. The zero-order valence-electron chi connectivity index (χ0n) is 8.84. The Labute approximate surface area is 101 Å². The Morgan fingerprint density at radius 1 is 1.11 bits per heavy atom. The largest absolute Gasteiger partial charge is 0.369 e. The van der Waals surface area contributed by atoms with Gasteiger partial charge in [-0.2, -0.15) is 0 Å². The lowest BCUT2D eigenvalue weighted by Gasteiger charge is -2.29. The van der Waals surface area contributed by atoms with Crippen LogP contribution >= 0.6 is 15.2 Å². The monoisotopic (exact) mass is 300 g/mol. The first kappa shape index (κ1) is 15.5. The minimum atomic E-state index is -5.52. The summed E-state index contributed by atoms with van der Waals surface area (Å²) in [6, 6.07) is 4.22. The van der Waals surface area contributed by atoms with E-state index in [1.54, 1.807) is 0 Å². The molecule has 0 heterocycles. The molecule has 0 saturated carbocycles. The van der Waals surface area contributed by atoms with E-state index in [4.69, 9.17) is 19.6 Å². The molecule has 1 rings (SSSR count). The summed E-state index contributed by atoms with van der Waals surface area (Å²) in [5.41, 5.74) is -0.149. The van der Waals surface area contributed by atoms with Crippen LogP contribution in [0, 0.1) is 5.82 Å². The molecule has 10 heteroatoms. The smallest absolute Gasteiger partial charge is 0.367 e. The lowest BCUT2D eigenvalue weighted by molar-refractivity contribution is 0.131. The van der Waals surface area contributed by atoms with Crippen molar-refractivity contribution in [2.24, 2.45) is 0 Å². The van der Waals surface area contributed by atoms with Crippen molar-refractivity contribution in [1.82, 2.24) is 0 Å². The second-order valence-electron chi connectivity index (χ2n) is 3.67. The second kappa shape index (κ2) is 4.83. The number of rotatable bonds is 4. The highest BCUT2D eigenvalue weighted by molar-refractivity contribution is 7.72. The molecule has 0 saturated heterocycles. The summed E-state index contributed by atoms with van der Waals surface area (Å²) in [5.74, 6) is -0.758. The molecule has 0 amide bonds. The third-order valence-corrected chi connectivity index (χ3v) is 6.01. The van der Waals surface area contributed by atoms with E-state index in [1.807, 2.05) is 0 Å². The Morgan fingerprint density at radius 3 is 2.00 bits per heavy atom. The predicted octanol–water partition coefficient (Wildman–Crippen LogP) is 0.370. The van der Waals surface area contributed by atoms with Crippen LogP contribution in [0.1, 0.15) is 5.56 Å². The van der Waals surface area contributed by atoms with Crippen LogP contribution in [-0.2, 0) is 15.6 Å². The molecule has 1 aromatic carbocycles. The predicted molar refractivity (Wildman–Crippen MR) is 59.1 cm³/mol. The Hall–Kier alpha value is -0.590. The van der Waals surface area contributed by atoms with Crippen molar-refractivity contribution in [1.29, 1.82) is 0 Å². The quantitative estimate of drug-likeness (QED) is 0.507. The molecule has 0 unspecified atom stereocenters. The number of hydrogen-bond donors (Lipinski definition) is 5. The van der Waals surface area contributed by atoms with Gasteiger partial charge in [-0.05, 0) is 17.7 Å². The minimum Gasteiger partial charge on any atom is -0.367 e. The zero-order chi connectivity index (χ0) is 14.2. The maximum atomic E-state index is 12.9. The fourth-order valence-corrected chi connectivity index (χ4v) is 3.43. The van der Waals surface area contributed by atoms with Crippen molar-refractivity contribution in [2.75, 3.05) is 0 Å². The van der Waals surface area contributed by atoms with Crippen LogP contribution in [0.3, 0.4) is 0 Å². The highest BCUT2D eigenvalue weighted by Crippen LogP contribution is 2.68. The van der Waals surface area contributed by atoms with Crippen molar-refractivity contribution in [3.05, 3.63) is 35.6 Å². The molecule has 0 aromatic heterocycles. The van der Waals surface area contributed by atoms with Gasteiger partial charge in [-0.15, -0.1) is 0 Å². The molecular formula is C8H11FO7P2. The topological polar surface area (TPSA) is 135 Å². The van der Waals surface area contributed by atoms with E-state index in [2.05, 4.69) is 0 Å². The Bertz CT molecular complexity index is 512. The molecule has 5 N–H and O–H groups in total. The van der Waals surface area contributed by atoms with Gasteiger partial charge in [0.15, 0.2) is 0 Å². The summed E-state index contributed by atoms with van der Waals surface area (Å²) in [6.45, 7) is 0. The highest BCUT2D eigenvalue weighted by Gasteiger charge is 2.59. The highest BCUT2D eigenvalue weighted by atomic mass is 31.2. The first-order valence-corrected chi connectivity index (χ1v) is 7.78. The number of benzene rings is 1. The van der Waals surface area contributed by atoms with Gasteiger partial charge in [-0.3, -0.25) is 9.13 Å². The van der Waals surface area contributed by atoms with Crippen LogP contribution in [0.2, 0.25) is 0 Å². The van der Waals surface area contributed by atoms with Crippen molar-refractivity contribution < 1.29 is 38.2 Å². The summed E-state index contributed by atoms with van der Waals surface area (Å²) >= 11 is 0. The number of hydrogen-bond acceptors (Lipinski definition) is 3. The summed E-state index contributed by atoms with van der Waals surface area (Å²) in [6.07, 6.45) is -1.07. The van der Waals surface area contributed by atoms with Gasteiger partial charge in [0.05, 0.1) is 0 Å². The summed E-state index contributed by atoms with van der Waals surface area (Å²) < 4.78 is 35.0. The van der Waals surface area contributed by atoms with Gasteiger partial charge in [0.2, 0.25) is 0 Å². The Morgan fingerprint density at radius 2 is 1.61 bits per heavy atom. The van der Waals surface area contributed by atoms with Crippen molar-refractivity contribution in [2.45, 2.75) is 11.5 Å². The SMILES string of the molecule is O=P(O)(O)C(O)(Cc1cccc(F)c1)P(=O)(O)O. The maximum Gasteiger partial charge on any atom is 0.369 e. The first-order chi connectivity index (χ1) is 7.97. The van der Waals surface area contributed by atoms with E-state index in [9.17, 15) is 18.6 Å². The fourth-order valence-electron chi connectivity index (χ4n) is 1.30. The van der Waals surface area contributed by atoms with E-state index in [-0.39, 0.29) is 5.56 Å². The van der Waals surface area contributed by atoms with Crippen LogP contribution < -0.4 is 0 Å². The van der Waals surface area contributed by atoms with Crippen LogP contribution in [0.4, 0.5) is 4.39 Å². The third-order valence-electron chi connectivity index (χ3n) is 2.26. The third kappa shape index (κ3) is 3.05. The van der Waals surface area contributed by atoms with Crippen LogP contribution in [0.5, 0.6) is 0 Å². The lowest BCUT2D eigenvalue weighted by atomic mass is 10.1. The molecule has 1 aromatic rings. The van der Waals surface area contributed by atoms with Gasteiger partial charge in [-0.1, -0.05) is 12.1 Å². The molecule has 7 nitrogen and oxygen atoms in total. The average molecular weight is 300 g/mol. The van der Waals surface area contributed by atoms with Gasteiger partial charge in [0.1, 0.15) is 5.82 Å². The van der Waals surface area contributed by atoms with Gasteiger partial charge < -0.3 is 24.7 Å². The van der Waals surface area contributed by atoms with Gasteiger partial charge >= 0.3 is 15.2 Å². The molecule has 0 aliphatic heterocycles. The van der Waals surface area contributed by atoms with Gasteiger partial charge in [-0.25, -0.2) is 4.39 Å². The van der Waals surface area contributed by atoms with Crippen LogP contribution in [0.15, 0.2) is 24.3 Å². The van der Waals surface area contributed by atoms with E-state index < -0.39 is 32.5 Å². The molecule has 0 radical (unpaired) electrons. The standard InChI is InChI=1S/C8H11FO7P2/c9-7-3-1-2-6(4-7)5-8(10,17(11,12)13)18(14,15)16/h1-4,10H,5H2,(H2,11,12,13)(H2,14,15,16). The Kier molecular flexibility index (Phi) is 4.15. The normalized spacial score (nSPS) is 13.7. The molecule has 0 spiro atoms. The summed E-state index contributed by atoms with van der Waals surface area (Å²) in [5, 5.41) is 6.02. The van der Waals surface area contributed by atoms with Crippen LogP contribution in [0.25, 0.3) is 0 Å². The van der Waals surface area contributed by atoms with Crippen molar-refractivity contribution in [3.63, 3.8) is 0 Å². The van der Waals surface area contributed by atoms with E-state index in [0.29, 0.717) is 0 Å². The lowest BCUT2D eigenvalue weighted by Crippen LogP contribution is -2.31. The molecule has 0 bridgehead atoms. The fraction of sp³-hybridized carbons (Fsp3) is 0.250. The molecule has 102 valence electrons. The molecular weight excluding hydrogens is 289 g/mol. The Balaban J connectivity index is 3.25. The first-order valence-electron chi connectivity index (χ1n) is 4.55. The van der Waals surface area contributed by atoms with Crippen molar-refractivity contribution >= 4 is 15.2 Å². The van der Waals surface area contributed by atoms with Gasteiger partial charge in [0.25, 0.3) is 5.08 Å². The van der Waals surface area contributed by atoms with E-state index in [0.717, 1.165) is 12.1 Å². The van der Waals surface area contributed by atoms with Gasteiger partial charge in [0, 0.05) is 6.42 Å². The molecule has 0 aliphatic rings. The average Bonchev–Trinajstić information content (AvgIpc) is 2.13. The minimum absolute atomic E-state index is 0.149. The second-order valence-corrected chi connectivity index (χ2v) is 7.68. The van der Waals surface area contributed by atoms with E-state index >= 15 is 0 Å². The zero-order valence-corrected chi connectivity index (χ0v) is 10.6. The molecule has 0 atom stereocenters. The summed E-state index contributed by atoms with van der Waals surface area (Å²) in [7, 11) is -11.0. The summed E-state index contributed by atoms with van der Waals surface area (Å²) in [4.78, 5) is 35.5. The van der Waals surface area contributed by atoms with E-state index in [1.165, 1.54) is 12.1 Å². The maximum absolute atomic E-state index is 12.9. The van der Waals surface area contributed by atoms with Crippen LogP contribution in [-0.4, -0.2) is 29.8 Å². The molecule has 0 fully saturated rings. The number of aliphatic hydroxyl groups is 1. The molecule has 18 heavy (non-hydrogen) atoms. The molecule has 0 aliphatic carbocycles. The van der Waals surface area contributed by atoms with Crippen molar-refractivity contribution in [3.8, 4) is 0 Å².